The maximum absolute atomic E-state index is 10.6. The van der Waals surface area contributed by atoms with Crippen LogP contribution < -0.4 is 0 Å². The molecule has 0 aromatic heterocycles. The second kappa shape index (κ2) is 4.78. The van der Waals surface area contributed by atoms with Gasteiger partial charge < -0.3 is 4.79 Å². The molecule has 0 radical (unpaired) electrons. The molecule has 0 aliphatic heterocycles. The van der Waals surface area contributed by atoms with Crippen molar-refractivity contribution in [3.05, 3.63) is 23.3 Å². The predicted molar refractivity (Wildman–Crippen MR) is 64.7 cm³/mol. The van der Waals surface area contributed by atoms with E-state index in [4.69, 9.17) is 0 Å². The van der Waals surface area contributed by atoms with Crippen LogP contribution in [0.15, 0.2) is 23.3 Å². The molecule has 0 unspecified atom stereocenters. The first kappa shape index (κ1) is 12.2. The lowest BCUT2D eigenvalue weighted by Gasteiger charge is -2.33. The van der Waals surface area contributed by atoms with Crippen LogP contribution >= 0.6 is 0 Å². The highest BCUT2D eigenvalue weighted by atomic mass is 16.1. The largest absolute Gasteiger partial charge is 0.303 e. The average Bonchev–Trinajstić information content (AvgIpc) is 2.15. The van der Waals surface area contributed by atoms with E-state index >= 15 is 0 Å². The lowest BCUT2D eigenvalue weighted by atomic mass is 9.72. The van der Waals surface area contributed by atoms with Gasteiger partial charge in [0, 0.05) is 5.92 Å². The van der Waals surface area contributed by atoms with E-state index in [2.05, 4.69) is 26.8 Å². The van der Waals surface area contributed by atoms with E-state index in [0.29, 0.717) is 0 Å². The van der Waals surface area contributed by atoms with E-state index in [1.54, 1.807) is 0 Å². The maximum Gasteiger partial charge on any atom is 0.126 e. The summed E-state index contributed by atoms with van der Waals surface area (Å²) in [4.78, 5) is 10.6. The van der Waals surface area contributed by atoms with Crippen LogP contribution in [0.25, 0.3) is 0 Å². The van der Waals surface area contributed by atoms with Crippen LogP contribution in [-0.2, 0) is 4.79 Å². The summed E-state index contributed by atoms with van der Waals surface area (Å²) < 4.78 is 0. The minimum absolute atomic E-state index is 0.0306. The molecule has 1 aliphatic rings. The summed E-state index contributed by atoms with van der Waals surface area (Å²) in [5.74, 6) is 0.0306. The molecule has 84 valence electrons. The van der Waals surface area contributed by atoms with Crippen molar-refractivity contribution in [2.75, 3.05) is 0 Å². The Balaban J connectivity index is 2.89. The third-order valence-electron chi connectivity index (χ3n) is 3.32. The van der Waals surface area contributed by atoms with Gasteiger partial charge in [-0.3, -0.25) is 0 Å². The second-order valence-corrected chi connectivity index (χ2v) is 5.29. The first-order chi connectivity index (χ1) is 6.97. The molecule has 0 saturated heterocycles. The summed E-state index contributed by atoms with van der Waals surface area (Å²) in [5.41, 5.74) is 3.20. The smallest absolute Gasteiger partial charge is 0.126 e. The molecule has 1 atom stereocenters. The normalized spacial score (nSPS) is 23.2. The van der Waals surface area contributed by atoms with Crippen molar-refractivity contribution in [2.24, 2.45) is 11.3 Å². The third kappa shape index (κ3) is 3.05. The molecular formula is C14H22O. The van der Waals surface area contributed by atoms with Crippen LogP contribution in [0.5, 0.6) is 0 Å². The number of hydrogen-bond acceptors (Lipinski definition) is 1. The van der Waals surface area contributed by atoms with Crippen molar-refractivity contribution in [1.82, 2.24) is 0 Å². The summed E-state index contributed by atoms with van der Waals surface area (Å²) >= 11 is 0. The summed E-state index contributed by atoms with van der Waals surface area (Å²) in [7, 11) is 0. The lowest BCUT2D eigenvalue weighted by Crippen LogP contribution is -2.19. The predicted octanol–water partition coefficient (Wildman–Crippen LogP) is 3.90. The fraction of sp³-hybridized carbons (Fsp3) is 0.643. The molecule has 0 saturated carbocycles. The summed E-state index contributed by atoms with van der Waals surface area (Å²) in [6, 6.07) is 0. The Hall–Kier alpha value is -0.850. The highest BCUT2D eigenvalue weighted by Gasteiger charge is 2.26. The molecule has 0 heterocycles. The average molecular weight is 206 g/mol. The van der Waals surface area contributed by atoms with Crippen molar-refractivity contribution in [2.45, 2.75) is 47.0 Å². The molecule has 0 aromatic rings. The van der Waals surface area contributed by atoms with E-state index in [9.17, 15) is 4.79 Å². The van der Waals surface area contributed by atoms with Crippen molar-refractivity contribution in [3.63, 3.8) is 0 Å². The van der Waals surface area contributed by atoms with Gasteiger partial charge in [-0.2, -0.15) is 0 Å². The molecule has 0 amide bonds. The lowest BCUT2D eigenvalue weighted by molar-refractivity contribution is -0.109. The number of rotatable bonds is 3. The van der Waals surface area contributed by atoms with Gasteiger partial charge >= 0.3 is 0 Å². The molecule has 0 N–H and O–H groups in total. The molecule has 15 heavy (non-hydrogen) atoms. The van der Waals surface area contributed by atoms with Gasteiger partial charge in [0.25, 0.3) is 0 Å². The Morgan fingerprint density at radius 2 is 2.07 bits per heavy atom. The van der Waals surface area contributed by atoms with Crippen LogP contribution in [0, 0.1) is 11.3 Å². The van der Waals surface area contributed by atoms with Crippen LogP contribution in [0.4, 0.5) is 0 Å². The quantitative estimate of drug-likeness (QED) is 0.640. The Labute approximate surface area is 93.3 Å². The van der Waals surface area contributed by atoms with Crippen LogP contribution in [0.2, 0.25) is 0 Å². The zero-order valence-corrected chi connectivity index (χ0v) is 10.3. The monoisotopic (exact) mass is 206 g/mol. The van der Waals surface area contributed by atoms with Gasteiger partial charge in [-0.15, -0.1) is 0 Å². The Bertz CT molecular complexity index is 294. The van der Waals surface area contributed by atoms with Crippen LogP contribution in [0.1, 0.15) is 47.0 Å². The Kier molecular flexibility index (Phi) is 3.90. The molecule has 0 aromatic carbocycles. The number of carbonyl (C=O) groups is 1. The summed E-state index contributed by atoms with van der Waals surface area (Å²) in [5, 5.41) is 0. The molecule has 1 aliphatic carbocycles. The number of hydrogen-bond donors (Lipinski definition) is 0. The van der Waals surface area contributed by atoms with E-state index in [0.717, 1.165) is 6.29 Å². The fourth-order valence-corrected chi connectivity index (χ4v) is 2.30. The first-order valence-corrected chi connectivity index (χ1v) is 5.81. The molecule has 0 spiro atoms. The van der Waals surface area contributed by atoms with E-state index in [1.807, 2.05) is 13.0 Å². The molecule has 0 fully saturated rings. The van der Waals surface area contributed by atoms with E-state index in [-0.39, 0.29) is 11.3 Å². The van der Waals surface area contributed by atoms with Gasteiger partial charge in [-0.1, -0.05) is 38.5 Å². The molecule has 0 bridgehead atoms. The highest BCUT2D eigenvalue weighted by Crippen LogP contribution is 2.40. The fourth-order valence-electron chi connectivity index (χ4n) is 2.30. The van der Waals surface area contributed by atoms with E-state index < -0.39 is 0 Å². The standard InChI is InChI=1S/C14H22O/c1-11(10-15)7-8-13-12(2)6-5-9-14(13,3)4/h7-8,10-11H,5-6,9H2,1-4H3/b8-7+/t11-/m0/s1. The zero-order valence-electron chi connectivity index (χ0n) is 10.3. The first-order valence-electron chi connectivity index (χ1n) is 5.81. The van der Waals surface area contributed by atoms with Gasteiger partial charge in [0.15, 0.2) is 0 Å². The molecular weight excluding hydrogens is 184 g/mol. The SMILES string of the molecule is CC1=C(/C=C/[C@H](C)C=O)C(C)(C)CCC1. The van der Waals surface area contributed by atoms with Crippen molar-refractivity contribution in [1.29, 1.82) is 0 Å². The number of allylic oxidation sites excluding steroid dienone is 4. The number of aldehydes is 1. The highest BCUT2D eigenvalue weighted by molar-refractivity contribution is 5.56. The van der Waals surface area contributed by atoms with Crippen molar-refractivity contribution >= 4 is 6.29 Å². The summed E-state index contributed by atoms with van der Waals surface area (Å²) in [6.45, 7) is 8.73. The third-order valence-corrected chi connectivity index (χ3v) is 3.32. The van der Waals surface area contributed by atoms with Gasteiger partial charge in [0.2, 0.25) is 0 Å². The number of carbonyl (C=O) groups excluding carboxylic acids is 1. The van der Waals surface area contributed by atoms with Gasteiger partial charge in [-0.05, 0) is 37.2 Å². The summed E-state index contributed by atoms with van der Waals surface area (Å²) in [6.07, 6.45) is 8.91. The molecule has 1 heteroatoms. The van der Waals surface area contributed by atoms with E-state index in [1.165, 1.54) is 30.4 Å². The van der Waals surface area contributed by atoms with Crippen LogP contribution in [-0.4, -0.2) is 6.29 Å². The minimum Gasteiger partial charge on any atom is -0.303 e. The van der Waals surface area contributed by atoms with Gasteiger partial charge in [0.05, 0.1) is 0 Å². The van der Waals surface area contributed by atoms with Crippen molar-refractivity contribution < 1.29 is 4.79 Å². The Morgan fingerprint density at radius 1 is 1.40 bits per heavy atom. The zero-order chi connectivity index (χ0) is 11.5. The Morgan fingerprint density at radius 3 is 2.60 bits per heavy atom. The maximum atomic E-state index is 10.6. The second-order valence-electron chi connectivity index (χ2n) is 5.29. The molecule has 1 nitrogen and oxygen atoms in total. The van der Waals surface area contributed by atoms with Gasteiger partial charge in [-0.25, -0.2) is 0 Å². The molecule has 1 rings (SSSR count). The van der Waals surface area contributed by atoms with Crippen LogP contribution in [0.3, 0.4) is 0 Å². The van der Waals surface area contributed by atoms with Crippen molar-refractivity contribution in [3.8, 4) is 0 Å². The van der Waals surface area contributed by atoms with Gasteiger partial charge in [0.1, 0.15) is 6.29 Å². The topological polar surface area (TPSA) is 17.1 Å². The minimum atomic E-state index is 0.0306.